The lowest BCUT2D eigenvalue weighted by molar-refractivity contribution is -0.147. The van der Waals surface area contributed by atoms with Crippen LogP contribution in [0, 0.1) is 35.5 Å². The molecule has 2 rings (SSSR count). The van der Waals surface area contributed by atoms with Gasteiger partial charge in [0, 0.05) is 24.2 Å². The maximum atomic E-state index is 11.9. The fourth-order valence-electron chi connectivity index (χ4n) is 4.29. The van der Waals surface area contributed by atoms with Crippen molar-refractivity contribution >= 4 is 5.97 Å². The van der Waals surface area contributed by atoms with E-state index in [1.165, 1.54) is 6.08 Å². The lowest BCUT2D eigenvalue weighted by Crippen LogP contribution is -2.19. The molecule has 0 aliphatic heterocycles. The van der Waals surface area contributed by atoms with Gasteiger partial charge in [0.05, 0.1) is 18.3 Å². The third kappa shape index (κ3) is 7.32. The number of hydrogen-bond donors (Lipinski definition) is 2. The van der Waals surface area contributed by atoms with Crippen LogP contribution in [0.3, 0.4) is 0 Å². The molecule has 0 saturated heterocycles. The molecule has 0 spiro atoms. The highest BCUT2D eigenvalue weighted by molar-refractivity contribution is 5.69. The fourth-order valence-corrected chi connectivity index (χ4v) is 4.29. The van der Waals surface area contributed by atoms with E-state index in [2.05, 4.69) is 11.8 Å². The first-order valence-corrected chi connectivity index (χ1v) is 10.6. The molecular weight excluding hydrogens is 364 g/mol. The molecule has 162 valence electrons. The van der Waals surface area contributed by atoms with Crippen LogP contribution in [-0.2, 0) is 9.53 Å². The van der Waals surface area contributed by atoms with Crippen molar-refractivity contribution in [2.75, 3.05) is 0 Å². The summed E-state index contributed by atoms with van der Waals surface area (Å²) < 4.78 is 37.9. The summed E-state index contributed by atoms with van der Waals surface area (Å²) in [5.41, 5.74) is 0.813. The second-order valence-corrected chi connectivity index (χ2v) is 8.54. The molecule has 0 aromatic carbocycles. The third-order valence-corrected chi connectivity index (χ3v) is 5.80. The Morgan fingerprint density at radius 2 is 2.14 bits per heavy atom. The van der Waals surface area contributed by atoms with E-state index in [0.29, 0.717) is 25.7 Å². The SMILES string of the molecule is [2H]C([2H])(/C=C1\C[C@H]2C[C@@H](O)[C@H](/C=C/[C@@H](O)C(C)CC#CC)[C@H]2C1)C([2H])([2H])CC(=O)OC(C)C. The minimum atomic E-state index is -2.40. The van der Waals surface area contributed by atoms with Crippen LogP contribution in [0.2, 0.25) is 0 Å². The molecule has 1 unspecified atom stereocenters. The Balaban J connectivity index is 2.08. The molecule has 4 nitrogen and oxygen atoms in total. The number of carbonyl (C=O) groups excluding carboxylic acids is 1. The summed E-state index contributed by atoms with van der Waals surface area (Å²) in [7, 11) is 0. The van der Waals surface area contributed by atoms with Crippen LogP contribution in [0.1, 0.15) is 78.0 Å². The molecule has 29 heavy (non-hydrogen) atoms. The molecule has 2 saturated carbocycles. The summed E-state index contributed by atoms with van der Waals surface area (Å²) in [6.07, 6.45) is 0.382. The van der Waals surface area contributed by atoms with Gasteiger partial charge in [-0.25, -0.2) is 0 Å². The van der Waals surface area contributed by atoms with Crippen LogP contribution < -0.4 is 0 Å². The maximum Gasteiger partial charge on any atom is 0.306 e. The summed E-state index contributed by atoms with van der Waals surface area (Å²) >= 11 is 0. The first-order chi connectivity index (χ1) is 15.3. The predicted molar refractivity (Wildman–Crippen MR) is 116 cm³/mol. The van der Waals surface area contributed by atoms with Crippen LogP contribution in [0.25, 0.3) is 0 Å². The third-order valence-electron chi connectivity index (χ3n) is 5.80. The van der Waals surface area contributed by atoms with Crippen molar-refractivity contribution in [1.82, 2.24) is 0 Å². The maximum absolute atomic E-state index is 11.9. The minimum Gasteiger partial charge on any atom is -0.463 e. The smallest absolute Gasteiger partial charge is 0.306 e. The Labute approximate surface area is 182 Å². The number of hydrogen-bond acceptors (Lipinski definition) is 4. The van der Waals surface area contributed by atoms with Crippen LogP contribution in [0.4, 0.5) is 0 Å². The van der Waals surface area contributed by atoms with Crippen molar-refractivity contribution in [3.05, 3.63) is 23.8 Å². The number of allylic oxidation sites excluding steroid dienone is 2. The van der Waals surface area contributed by atoms with Gasteiger partial charge in [0.15, 0.2) is 0 Å². The van der Waals surface area contributed by atoms with Crippen molar-refractivity contribution in [2.24, 2.45) is 23.7 Å². The van der Waals surface area contributed by atoms with Crippen LogP contribution in [-0.4, -0.2) is 34.5 Å². The van der Waals surface area contributed by atoms with Gasteiger partial charge in [-0.15, -0.1) is 11.8 Å². The van der Waals surface area contributed by atoms with Crippen molar-refractivity contribution in [3.8, 4) is 11.8 Å². The number of aliphatic hydroxyl groups is 2. The van der Waals surface area contributed by atoms with Gasteiger partial charge in [0.1, 0.15) is 0 Å². The van der Waals surface area contributed by atoms with Gasteiger partial charge < -0.3 is 14.9 Å². The number of carbonyl (C=O) groups is 1. The second kappa shape index (κ2) is 11.6. The molecule has 4 heteroatoms. The van der Waals surface area contributed by atoms with E-state index < -0.39 is 37.3 Å². The van der Waals surface area contributed by atoms with Crippen LogP contribution >= 0.6 is 0 Å². The van der Waals surface area contributed by atoms with E-state index in [-0.39, 0.29) is 29.8 Å². The first-order valence-electron chi connectivity index (χ1n) is 12.6. The summed E-state index contributed by atoms with van der Waals surface area (Å²) in [6, 6.07) is 0. The molecule has 0 amide bonds. The average molecular weight is 407 g/mol. The molecule has 2 fully saturated rings. The van der Waals surface area contributed by atoms with Crippen molar-refractivity contribution in [1.29, 1.82) is 0 Å². The van der Waals surface area contributed by atoms with Gasteiger partial charge in [-0.2, -0.15) is 0 Å². The molecule has 6 atom stereocenters. The average Bonchev–Trinajstić information content (AvgIpc) is 3.18. The van der Waals surface area contributed by atoms with Gasteiger partial charge in [0.25, 0.3) is 0 Å². The summed E-state index contributed by atoms with van der Waals surface area (Å²) in [5.74, 6) is 5.19. The molecule has 2 N–H and O–H groups in total. The molecule has 0 aromatic rings. The number of ether oxygens (including phenoxy) is 1. The van der Waals surface area contributed by atoms with Crippen molar-refractivity contribution < 1.29 is 25.2 Å². The number of fused-ring (bicyclic) bond motifs is 1. The van der Waals surface area contributed by atoms with Gasteiger partial charge in [-0.05, 0) is 70.5 Å². The quantitative estimate of drug-likeness (QED) is 0.338. The normalized spacial score (nSPS) is 32.7. The molecule has 0 aromatic heterocycles. The molecule has 2 aliphatic carbocycles. The van der Waals surface area contributed by atoms with Crippen LogP contribution in [0.5, 0.6) is 0 Å². The van der Waals surface area contributed by atoms with Gasteiger partial charge >= 0.3 is 5.97 Å². The molecule has 2 aliphatic rings. The Kier molecular flexibility index (Phi) is 7.27. The molecular formula is C25H38O4. The highest BCUT2D eigenvalue weighted by Gasteiger charge is 2.44. The highest BCUT2D eigenvalue weighted by atomic mass is 16.5. The standard InChI is InChI=1S/C25H38O4/c1-5-6-9-18(4)23(26)13-12-21-22-15-19(14-20(22)16-24(21)27)10-7-8-11-25(28)29-17(2)3/h10,12-13,17-18,20-24,26-27H,7-9,11,14-16H2,1-4H3/b13-12+,19-10+/t18?,20-,21+,22-,23+,24+/m0/s1/i7D2,8D2. The summed E-state index contributed by atoms with van der Waals surface area (Å²) in [4.78, 5) is 11.9. The van der Waals surface area contributed by atoms with Gasteiger partial charge in [-0.1, -0.05) is 30.7 Å². The van der Waals surface area contributed by atoms with E-state index in [1.54, 1.807) is 26.8 Å². The van der Waals surface area contributed by atoms with Gasteiger partial charge in [0.2, 0.25) is 0 Å². The van der Waals surface area contributed by atoms with E-state index in [4.69, 9.17) is 10.2 Å². The lowest BCUT2D eigenvalue weighted by atomic mass is 9.89. The zero-order chi connectivity index (χ0) is 25.0. The van der Waals surface area contributed by atoms with Crippen molar-refractivity contribution in [3.63, 3.8) is 0 Å². The Morgan fingerprint density at radius 3 is 2.83 bits per heavy atom. The lowest BCUT2D eigenvalue weighted by Gasteiger charge is -2.19. The first kappa shape index (κ1) is 18.2. The number of rotatable bonds is 9. The second-order valence-electron chi connectivity index (χ2n) is 8.54. The Hall–Kier alpha value is -1.57. The number of esters is 1. The highest BCUT2D eigenvalue weighted by Crippen LogP contribution is 2.50. The summed E-state index contributed by atoms with van der Waals surface area (Å²) in [5, 5.41) is 20.9. The number of aliphatic hydroxyl groups excluding tert-OH is 2. The fraction of sp³-hybridized carbons (Fsp3) is 0.720. The topological polar surface area (TPSA) is 66.8 Å². The zero-order valence-corrected chi connectivity index (χ0v) is 18.0. The molecule has 0 heterocycles. The molecule has 0 radical (unpaired) electrons. The molecule has 0 bridgehead atoms. The Bertz CT molecular complexity index is 809. The minimum absolute atomic E-state index is 0.0149. The van der Waals surface area contributed by atoms with Crippen LogP contribution in [0.15, 0.2) is 23.8 Å². The Morgan fingerprint density at radius 1 is 1.38 bits per heavy atom. The van der Waals surface area contributed by atoms with E-state index in [0.717, 1.165) is 5.57 Å². The largest absolute Gasteiger partial charge is 0.463 e. The predicted octanol–water partition coefficient (Wildman–Crippen LogP) is 4.41. The zero-order valence-electron chi connectivity index (χ0n) is 22.0. The van der Waals surface area contributed by atoms with Gasteiger partial charge in [-0.3, -0.25) is 4.79 Å². The monoisotopic (exact) mass is 406 g/mol. The van der Waals surface area contributed by atoms with E-state index in [9.17, 15) is 15.0 Å². The summed E-state index contributed by atoms with van der Waals surface area (Å²) in [6.45, 7) is 7.02. The van der Waals surface area contributed by atoms with Crippen molar-refractivity contribution in [2.45, 2.75) is 90.9 Å². The van der Waals surface area contributed by atoms with E-state index >= 15 is 0 Å². The van der Waals surface area contributed by atoms with E-state index in [1.807, 2.05) is 13.0 Å².